The minimum atomic E-state index is -0.370. The quantitative estimate of drug-likeness (QED) is 0.503. The lowest BCUT2D eigenvalue weighted by Crippen LogP contribution is -2.05. The maximum atomic E-state index is 11.0. The van der Waals surface area contributed by atoms with Crippen molar-refractivity contribution in [1.29, 1.82) is 0 Å². The number of benzene rings is 2. The summed E-state index contributed by atoms with van der Waals surface area (Å²) >= 11 is 3.39. The van der Waals surface area contributed by atoms with Crippen LogP contribution >= 0.6 is 15.9 Å². The summed E-state index contributed by atoms with van der Waals surface area (Å²) in [5.41, 5.74) is 1.69. The molecule has 0 atom stereocenters. The fourth-order valence-corrected chi connectivity index (χ4v) is 2.50. The van der Waals surface area contributed by atoms with E-state index >= 15 is 0 Å². The van der Waals surface area contributed by atoms with Gasteiger partial charge in [0, 0.05) is 22.5 Å². The van der Waals surface area contributed by atoms with Crippen molar-refractivity contribution in [3.05, 3.63) is 62.1 Å². The highest BCUT2D eigenvalue weighted by Crippen LogP contribution is 2.41. The molecule has 2 aromatic rings. The highest BCUT2D eigenvalue weighted by molar-refractivity contribution is 9.10. The predicted octanol–water partition coefficient (Wildman–Crippen LogP) is 4.05. The molecule has 1 aliphatic rings. The van der Waals surface area contributed by atoms with Crippen molar-refractivity contribution >= 4 is 21.6 Å². The Hall–Kier alpha value is -1.88. The van der Waals surface area contributed by atoms with Gasteiger partial charge in [0.05, 0.1) is 10.5 Å². The van der Waals surface area contributed by atoms with Crippen molar-refractivity contribution in [1.82, 2.24) is 0 Å². The third-order valence-electron chi connectivity index (χ3n) is 2.91. The van der Waals surface area contributed by atoms with Crippen LogP contribution in [0.3, 0.4) is 0 Å². The highest BCUT2D eigenvalue weighted by Gasteiger charge is 2.24. The summed E-state index contributed by atoms with van der Waals surface area (Å²) in [5.74, 6) is 1.32. The summed E-state index contributed by atoms with van der Waals surface area (Å²) in [6.07, 6.45) is 0.515. The fourth-order valence-electron chi connectivity index (χ4n) is 2.09. The van der Waals surface area contributed by atoms with Crippen LogP contribution in [-0.4, -0.2) is 4.92 Å². The zero-order valence-corrected chi connectivity index (χ0v) is 10.8. The summed E-state index contributed by atoms with van der Waals surface area (Å²) in [6, 6.07) is 10.6. The Kier molecular flexibility index (Phi) is 2.56. The zero-order chi connectivity index (χ0) is 12.7. The van der Waals surface area contributed by atoms with Crippen LogP contribution in [0.15, 0.2) is 40.9 Å². The molecule has 0 aromatic heterocycles. The first-order chi connectivity index (χ1) is 8.65. The number of nitrogens with zero attached hydrogens (tertiary/aromatic N) is 1. The molecule has 5 heteroatoms. The van der Waals surface area contributed by atoms with Gasteiger partial charge in [0.2, 0.25) is 0 Å². The summed E-state index contributed by atoms with van der Waals surface area (Å²) in [6.45, 7) is 0. The third kappa shape index (κ3) is 1.76. The van der Waals surface area contributed by atoms with Crippen LogP contribution in [0.2, 0.25) is 0 Å². The van der Waals surface area contributed by atoms with Crippen molar-refractivity contribution in [2.75, 3.05) is 0 Å². The molecular weight excluding hydrogens is 298 g/mol. The molecule has 18 heavy (non-hydrogen) atoms. The van der Waals surface area contributed by atoms with Gasteiger partial charge < -0.3 is 4.74 Å². The monoisotopic (exact) mass is 305 g/mol. The van der Waals surface area contributed by atoms with Crippen LogP contribution in [0.1, 0.15) is 11.1 Å². The second kappa shape index (κ2) is 4.10. The first-order valence-corrected chi connectivity index (χ1v) is 6.17. The Labute approximate surface area is 111 Å². The maximum absolute atomic E-state index is 11.0. The molecular formula is C13H8BrNO3. The van der Waals surface area contributed by atoms with Gasteiger partial charge >= 0.3 is 0 Å². The van der Waals surface area contributed by atoms with Gasteiger partial charge in [0.15, 0.2) is 0 Å². The fraction of sp³-hybridized carbons (Fsp3) is 0.0769. The topological polar surface area (TPSA) is 52.4 Å². The van der Waals surface area contributed by atoms with E-state index in [0.717, 1.165) is 15.8 Å². The van der Waals surface area contributed by atoms with Crippen molar-refractivity contribution in [3.63, 3.8) is 0 Å². The number of ether oxygens (including phenoxy) is 1. The summed E-state index contributed by atoms with van der Waals surface area (Å²) in [4.78, 5) is 10.6. The van der Waals surface area contributed by atoms with Crippen LogP contribution < -0.4 is 4.74 Å². The molecule has 0 fully saturated rings. The molecule has 0 unspecified atom stereocenters. The van der Waals surface area contributed by atoms with Gasteiger partial charge in [-0.1, -0.05) is 22.0 Å². The van der Waals surface area contributed by atoms with E-state index in [1.165, 1.54) is 6.07 Å². The molecule has 90 valence electrons. The maximum Gasteiger partial charge on any atom is 0.276 e. The number of nitro benzene ring substituents is 1. The second-order valence-corrected chi connectivity index (χ2v) is 4.96. The van der Waals surface area contributed by atoms with E-state index in [4.69, 9.17) is 4.74 Å². The minimum absolute atomic E-state index is 0.109. The standard InChI is InChI=1S/C13H8BrNO3/c14-9-4-5-12-8(6-9)7-10-11(15(16)17)2-1-3-13(10)18-12/h1-6H,7H2. The Bertz CT molecular complexity index is 655. The van der Waals surface area contributed by atoms with Gasteiger partial charge in [-0.3, -0.25) is 10.1 Å². The first-order valence-electron chi connectivity index (χ1n) is 5.38. The lowest BCUT2D eigenvalue weighted by Gasteiger charge is -2.20. The molecule has 0 bridgehead atoms. The van der Waals surface area contributed by atoms with Gasteiger partial charge in [-0.25, -0.2) is 0 Å². The average molecular weight is 306 g/mol. The molecule has 4 nitrogen and oxygen atoms in total. The number of nitro groups is 1. The second-order valence-electron chi connectivity index (χ2n) is 4.04. The van der Waals surface area contributed by atoms with Crippen LogP contribution in [0, 0.1) is 10.1 Å². The zero-order valence-electron chi connectivity index (χ0n) is 9.22. The molecule has 0 radical (unpaired) electrons. The molecule has 2 aromatic carbocycles. The first kappa shape index (κ1) is 11.2. The molecule has 1 heterocycles. The van der Waals surface area contributed by atoms with Gasteiger partial charge in [-0.05, 0) is 24.3 Å². The molecule has 3 rings (SSSR count). The van der Waals surface area contributed by atoms with Crippen molar-refractivity contribution in [2.45, 2.75) is 6.42 Å². The lowest BCUT2D eigenvalue weighted by atomic mass is 9.99. The largest absolute Gasteiger partial charge is 0.457 e. The predicted molar refractivity (Wildman–Crippen MR) is 70.1 cm³/mol. The van der Waals surface area contributed by atoms with E-state index in [1.807, 2.05) is 18.2 Å². The highest BCUT2D eigenvalue weighted by atomic mass is 79.9. The average Bonchev–Trinajstić information content (AvgIpc) is 2.35. The van der Waals surface area contributed by atoms with Crippen LogP contribution in [0.25, 0.3) is 0 Å². The summed E-state index contributed by atoms with van der Waals surface area (Å²) in [7, 11) is 0. The molecule has 0 amide bonds. The molecule has 0 saturated carbocycles. The Morgan fingerprint density at radius 3 is 2.83 bits per heavy atom. The number of rotatable bonds is 1. The Balaban J connectivity index is 2.14. The Morgan fingerprint density at radius 2 is 2.06 bits per heavy atom. The van der Waals surface area contributed by atoms with Gasteiger partial charge in [-0.15, -0.1) is 0 Å². The summed E-state index contributed by atoms with van der Waals surface area (Å²) < 4.78 is 6.63. The lowest BCUT2D eigenvalue weighted by molar-refractivity contribution is -0.385. The molecule has 0 spiro atoms. The summed E-state index contributed by atoms with van der Waals surface area (Å²) in [5, 5.41) is 11.0. The van der Waals surface area contributed by atoms with Crippen molar-refractivity contribution in [3.8, 4) is 11.5 Å². The van der Waals surface area contributed by atoms with E-state index in [1.54, 1.807) is 12.1 Å². The van der Waals surface area contributed by atoms with Crippen LogP contribution in [0.5, 0.6) is 11.5 Å². The molecule has 0 saturated heterocycles. The van der Waals surface area contributed by atoms with Gasteiger partial charge in [-0.2, -0.15) is 0 Å². The van der Waals surface area contributed by atoms with E-state index < -0.39 is 0 Å². The number of hydrogen-bond acceptors (Lipinski definition) is 3. The van der Waals surface area contributed by atoms with Crippen LogP contribution in [0.4, 0.5) is 5.69 Å². The number of halogens is 1. The van der Waals surface area contributed by atoms with E-state index in [2.05, 4.69) is 15.9 Å². The molecule has 0 N–H and O–H groups in total. The minimum Gasteiger partial charge on any atom is -0.457 e. The van der Waals surface area contributed by atoms with Gasteiger partial charge in [0.25, 0.3) is 5.69 Å². The Morgan fingerprint density at radius 1 is 1.22 bits per heavy atom. The molecule has 1 aliphatic heterocycles. The van der Waals surface area contributed by atoms with E-state index in [0.29, 0.717) is 17.7 Å². The SMILES string of the molecule is O=[N+]([O-])c1cccc2c1Cc1cc(Br)ccc1O2. The third-order valence-corrected chi connectivity index (χ3v) is 3.41. The van der Waals surface area contributed by atoms with Crippen LogP contribution in [-0.2, 0) is 6.42 Å². The van der Waals surface area contributed by atoms with Gasteiger partial charge in [0.1, 0.15) is 11.5 Å². The smallest absolute Gasteiger partial charge is 0.276 e. The van der Waals surface area contributed by atoms with E-state index in [-0.39, 0.29) is 10.6 Å². The molecule has 0 aliphatic carbocycles. The van der Waals surface area contributed by atoms with Crippen molar-refractivity contribution in [2.24, 2.45) is 0 Å². The number of hydrogen-bond donors (Lipinski definition) is 0. The van der Waals surface area contributed by atoms with Crippen molar-refractivity contribution < 1.29 is 9.66 Å². The normalized spacial score (nSPS) is 12.3. The number of fused-ring (bicyclic) bond motifs is 2. The van der Waals surface area contributed by atoms with E-state index in [9.17, 15) is 10.1 Å².